The van der Waals surface area contributed by atoms with Crippen LogP contribution >= 0.6 is 0 Å². The lowest BCUT2D eigenvalue weighted by Crippen LogP contribution is -2.62. The van der Waals surface area contributed by atoms with Gasteiger partial charge in [-0.25, -0.2) is 8.42 Å². The third-order valence-electron chi connectivity index (χ3n) is 6.33. The summed E-state index contributed by atoms with van der Waals surface area (Å²) in [4.78, 5) is 9.46. The number of nitrogens with zero attached hydrogens (tertiary/aromatic N) is 3. The number of piperidine rings is 2. The van der Waals surface area contributed by atoms with Crippen LogP contribution in [-0.4, -0.2) is 94.1 Å². The normalized spacial score (nSPS) is 30.2. The van der Waals surface area contributed by atoms with Crippen LogP contribution in [0, 0.1) is 0 Å². The molecular weight excluding hydrogens is 350 g/mol. The SMILES string of the molecule is CN=C(NCC1(N2CCCCC2)CCN(C)CC1)NC1CCS(=O)(=O)C1. The molecule has 0 spiro atoms. The fraction of sp³-hybridized carbons (Fsp3) is 0.944. The zero-order chi connectivity index (χ0) is 18.6. The van der Waals surface area contributed by atoms with Gasteiger partial charge in [0.1, 0.15) is 0 Å². The van der Waals surface area contributed by atoms with Crippen molar-refractivity contribution < 1.29 is 8.42 Å². The van der Waals surface area contributed by atoms with Crippen LogP contribution in [0.3, 0.4) is 0 Å². The fourth-order valence-electron chi connectivity index (χ4n) is 4.55. The molecule has 150 valence electrons. The Hall–Kier alpha value is -0.860. The highest BCUT2D eigenvalue weighted by Gasteiger charge is 2.39. The van der Waals surface area contributed by atoms with Gasteiger partial charge in [-0.1, -0.05) is 6.42 Å². The van der Waals surface area contributed by atoms with Crippen molar-refractivity contribution in [3.63, 3.8) is 0 Å². The van der Waals surface area contributed by atoms with E-state index in [-0.39, 0.29) is 23.1 Å². The maximum absolute atomic E-state index is 11.7. The van der Waals surface area contributed by atoms with Gasteiger partial charge in [-0.3, -0.25) is 9.89 Å². The number of guanidine groups is 1. The van der Waals surface area contributed by atoms with Crippen LogP contribution in [0.1, 0.15) is 38.5 Å². The van der Waals surface area contributed by atoms with Gasteiger partial charge in [0.25, 0.3) is 0 Å². The van der Waals surface area contributed by atoms with Gasteiger partial charge in [-0.05, 0) is 65.3 Å². The molecule has 0 aromatic carbocycles. The summed E-state index contributed by atoms with van der Waals surface area (Å²) in [7, 11) is 1.09. The maximum atomic E-state index is 11.7. The highest BCUT2D eigenvalue weighted by Crippen LogP contribution is 2.30. The van der Waals surface area contributed by atoms with Crippen molar-refractivity contribution in [1.82, 2.24) is 20.4 Å². The van der Waals surface area contributed by atoms with Gasteiger partial charge >= 0.3 is 0 Å². The molecule has 26 heavy (non-hydrogen) atoms. The first kappa shape index (κ1) is 19.9. The van der Waals surface area contributed by atoms with Crippen LogP contribution in [-0.2, 0) is 9.84 Å². The van der Waals surface area contributed by atoms with E-state index in [9.17, 15) is 8.42 Å². The Morgan fingerprint density at radius 2 is 1.85 bits per heavy atom. The molecule has 1 unspecified atom stereocenters. The molecule has 0 aliphatic carbocycles. The van der Waals surface area contributed by atoms with Crippen LogP contribution in [0.25, 0.3) is 0 Å². The van der Waals surface area contributed by atoms with Gasteiger partial charge in [0, 0.05) is 25.2 Å². The summed E-state index contributed by atoms with van der Waals surface area (Å²) in [6.07, 6.45) is 6.95. The molecule has 0 bridgehead atoms. The minimum Gasteiger partial charge on any atom is -0.355 e. The first-order valence-electron chi connectivity index (χ1n) is 10.0. The van der Waals surface area contributed by atoms with Gasteiger partial charge in [-0.2, -0.15) is 0 Å². The van der Waals surface area contributed by atoms with Gasteiger partial charge in [0.05, 0.1) is 11.5 Å². The topological polar surface area (TPSA) is 77.0 Å². The lowest BCUT2D eigenvalue weighted by Gasteiger charge is -2.50. The van der Waals surface area contributed by atoms with Gasteiger partial charge < -0.3 is 15.5 Å². The quantitative estimate of drug-likeness (QED) is 0.535. The molecule has 0 aromatic heterocycles. The highest BCUT2D eigenvalue weighted by atomic mass is 32.2. The number of hydrogen-bond acceptors (Lipinski definition) is 5. The summed E-state index contributed by atoms with van der Waals surface area (Å²) in [5.74, 6) is 1.24. The molecule has 0 saturated carbocycles. The molecule has 0 aromatic rings. The van der Waals surface area contributed by atoms with E-state index >= 15 is 0 Å². The number of rotatable bonds is 4. The van der Waals surface area contributed by atoms with Crippen molar-refractivity contribution in [2.24, 2.45) is 4.99 Å². The molecule has 3 rings (SSSR count). The van der Waals surface area contributed by atoms with Crippen LogP contribution < -0.4 is 10.6 Å². The standard InChI is InChI=1S/C18H35N5O2S/c1-19-17(21-16-6-13-26(24,25)14-16)20-15-18(7-11-22(2)12-8-18)23-9-4-3-5-10-23/h16H,3-15H2,1-2H3,(H2,19,20,21). The van der Waals surface area contributed by atoms with Crippen LogP contribution in [0.5, 0.6) is 0 Å². The zero-order valence-corrected chi connectivity index (χ0v) is 17.2. The van der Waals surface area contributed by atoms with Crippen molar-refractivity contribution in [2.45, 2.75) is 50.1 Å². The summed E-state index contributed by atoms with van der Waals surface area (Å²) in [5.41, 5.74) is 0.187. The predicted octanol–water partition coefficient (Wildman–Crippen LogP) is 0.289. The number of sulfone groups is 1. The second-order valence-corrected chi connectivity index (χ2v) is 10.5. The van der Waals surface area contributed by atoms with Crippen LogP contribution in [0.2, 0.25) is 0 Å². The summed E-state index contributed by atoms with van der Waals surface area (Å²) < 4.78 is 23.4. The predicted molar refractivity (Wildman–Crippen MR) is 106 cm³/mol. The minimum atomic E-state index is -2.88. The third-order valence-corrected chi connectivity index (χ3v) is 8.09. The molecule has 8 heteroatoms. The van der Waals surface area contributed by atoms with Gasteiger partial charge in [0.15, 0.2) is 15.8 Å². The number of hydrogen-bond donors (Lipinski definition) is 2. The van der Waals surface area contributed by atoms with Crippen molar-refractivity contribution in [3.05, 3.63) is 0 Å². The molecule has 3 fully saturated rings. The van der Waals surface area contributed by atoms with Gasteiger partial charge in [0.2, 0.25) is 0 Å². The Morgan fingerprint density at radius 1 is 1.15 bits per heavy atom. The molecule has 1 atom stereocenters. The molecule has 3 aliphatic rings. The van der Waals surface area contributed by atoms with Crippen molar-refractivity contribution in [1.29, 1.82) is 0 Å². The summed E-state index contributed by atoms with van der Waals surface area (Å²) in [5, 5.41) is 6.85. The summed E-state index contributed by atoms with van der Waals surface area (Å²) >= 11 is 0. The van der Waals surface area contributed by atoms with Crippen molar-refractivity contribution >= 4 is 15.8 Å². The maximum Gasteiger partial charge on any atom is 0.191 e. The summed E-state index contributed by atoms with van der Waals surface area (Å²) in [6, 6.07) is -0.0189. The average Bonchev–Trinajstić information content (AvgIpc) is 2.99. The summed E-state index contributed by atoms with van der Waals surface area (Å²) in [6.45, 7) is 5.52. The minimum absolute atomic E-state index is 0.0189. The molecule has 3 heterocycles. The van der Waals surface area contributed by atoms with Crippen LogP contribution in [0.4, 0.5) is 0 Å². The molecule has 7 nitrogen and oxygen atoms in total. The number of nitrogens with one attached hydrogen (secondary N) is 2. The molecule has 3 aliphatic heterocycles. The first-order valence-corrected chi connectivity index (χ1v) is 11.9. The average molecular weight is 386 g/mol. The monoisotopic (exact) mass is 385 g/mol. The Morgan fingerprint density at radius 3 is 2.42 bits per heavy atom. The van der Waals surface area contributed by atoms with E-state index in [1.807, 2.05) is 0 Å². The van der Waals surface area contributed by atoms with Crippen molar-refractivity contribution in [3.8, 4) is 0 Å². The lowest BCUT2D eigenvalue weighted by molar-refractivity contribution is 0.0173. The molecule has 0 radical (unpaired) electrons. The fourth-order valence-corrected chi connectivity index (χ4v) is 6.23. The van der Waals surface area contributed by atoms with Gasteiger partial charge in [-0.15, -0.1) is 0 Å². The molecule has 0 amide bonds. The smallest absolute Gasteiger partial charge is 0.191 e. The highest BCUT2D eigenvalue weighted by molar-refractivity contribution is 7.91. The lowest BCUT2D eigenvalue weighted by atomic mass is 9.84. The van der Waals surface area contributed by atoms with Crippen molar-refractivity contribution in [2.75, 3.05) is 58.3 Å². The van der Waals surface area contributed by atoms with E-state index in [4.69, 9.17) is 0 Å². The first-order chi connectivity index (χ1) is 12.4. The Bertz CT molecular complexity index is 593. The molecule has 3 saturated heterocycles. The van der Waals surface area contributed by atoms with E-state index in [1.165, 1.54) is 45.2 Å². The zero-order valence-electron chi connectivity index (χ0n) is 16.3. The Labute approximate surface area is 158 Å². The third kappa shape index (κ3) is 4.89. The number of likely N-dealkylation sites (tertiary alicyclic amines) is 2. The Balaban J connectivity index is 1.61. The second kappa shape index (κ2) is 8.44. The van der Waals surface area contributed by atoms with E-state index in [2.05, 4.69) is 32.5 Å². The second-order valence-electron chi connectivity index (χ2n) is 8.25. The Kier molecular flexibility index (Phi) is 6.45. The van der Waals surface area contributed by atoms with Crippen LogP contribution in [0.15, 0.2) is 4.99 Å². The van der Waals surface area contributed by atoms with E-state index in [0.717, 1.165) is 25.6 Å². The molecular formula is C18H35N5O2S. The largest absolute Gasteiger partial charge is 0.355 e. The number of aliphatic imine (C=N–C) groups is 1. The van der Waals surface area contributed by atoms with E-state index in [1.54, 1.807) is 7.05 Å². The molecule has 2 N–H and O–H groups in total. The van der Waals surface area contributed by atoms with E-state index in [0.29, 0.717) is 6.42 Å². The van der Waals surface area contributed by atoms with E-state index < -0.39 is 9.84 Å².